The normalized spacial score (nSPS) is 10.2. The van der Waals surface area contributed by atoms with E-state index in [1.807, 2.05) is 0 Å². The van der Waals surface area contributed by atoms with Crippen molar-refractivity contribution in [2.45, 2.75) is 6.42 Å². The van der Waals surface area contributed by atoms with Gasteiger partial charge in [0.1, 0.15) is 5.75 Å². The number of carboxylic acids is 1. The summed E-state index contributed by atoms with van der Waals surface area (Å²) in [4.78, 5) is 26.4. The highest BCUT2D eigenvalue weighted by atomic mass is 16.5. The van der Waals surface area contributed by atoms with Gasteiger partial charge in [-0.25, -0.2) is 0 Å². The van der Waals surface area contributed by atoms with Gasteiger partial charge in [0.15, 0.2) is 0 Å². The largest absolute Gasteiger partial charge is 0.497 e. The molecular weight excluding hydrogens is 260 g/mol. The number of carbonyl (C=O) groups excluding carboxylic acids is 1. The number of nitrogens with zero attached hydrogens (tertiary/aromatic N) is 1. The SMILES string of the molecule is COc1ccc2ncc(C(=O)NCCC(=O)O)cc2c1. The average Bonchev–Trinajstić information content (AvgIpc) is 2.45. The third-order valence-corrected chi connectivity index (χ3v) is 2.78. The number of fused-ring (bicyclic) bond motifs is 1. The van der Waals surface area contributed by atoms with Crippen molar-refractivity contribution in [2.24, 2.45) is 0 Å². The lowest BCUT2D eigenvalue weighted by molar-refractivity contribution is -0.136. The lowest BCUT2D eigenvalue weighted by Gasteiger charge is -2.06. The number of pyridine rings is 1. The lowest BCUT2D eigenvalue weighted by atomic mass is 10.1. The number of amides is 1. The first-order valence-corrected chi connectivity index (χ1v) is 6.04. The number of carbonyl (C=O) groups is 2. The Morgan fingerprint density at radius 2 is 2.15 bits per heavy atom. The van der Waals surface area contributed by atoms with Crippen LogP contribution in [0.5, 0.6) is 5.75 Å². The molecule has 2 aromatic rings. The highest BCUT2D eigenvalue weighted by Gasteiger charge is 2.08. The monoisotopic (exact) mass is 274 g/mol. The number of methoxy groups -OCH3 is 1. The zero-order chi connectivity index (χ0) is 14.5. The number of aliphatic carboxylic acids is 1. The van der Waals surface area contributed by atoms with E-state index in [-0.39, 0.29) is 18.9 Å². The van der Waals surface area contributed by atoms with Crippen LogP contribution < -0.4 is 10.1 Å². The van der Waals surface area contributed by atoms with Crippen LogP contribution in [0.15, 0.2) is 30.5 Å². The van der Waals surface area contributed by atoms with Gasteiger partial charge >= 0.3 is 5.97 Å². The Bertz CT molecular complexity index is 655. The summed E-state index contributed by atoms with van der Waals surface area (Å²) >= 11 is 0. The number of aromatic nitrogens is 1. The number of nitrogens with one attached hydrogen (secondary N) is 1. The second kappa shape index (κ2) is 6.01. The van der Waals surface area contributed by atoms with Crippen LogP contribution in [0.4, 0.5) is 0 Å². The van der Waals surface area contributed by atoms with E-state index in [0.29, 0.717) is 11.3 Å². The second-order valence-corrected chi connectivity index (χ2v) is 4.18. The molecule has 0 aliphatic rings. The average molecular weight is 274 g/mol. The molecule has 20 heavy (non-hydrogen) atoms. The van der Waals surface area contributed by atoms with Gasteiger partial charge in [-0.1, -0.05) is 0 Å². The quantitative estimate of drug-likeness (QED) is 0.861. The maximum Gasteiger partial charge on any atom is 0.305 e. The van der Waals surface area contributed by atoms with Crippen LogP contribution in [-0.2, 0) is 4.79 Å². The summed E-state index contributed by atoms with van der Waals surface area (Å²) in [7, 11) is 1.57. The van der Waals surface area contributed by atoms with E-state index < -0.39 is 5.97 Å². The first-order valence-electron chi connectivity index (χ1n) is 6.04. The molecule has 0 bridgehead atoms. The van der Waals surface area contributed by atoms with Crippen molar-refractivity contribution in [1.29, 1.82) is 0 Å². The van der Waals surface area contributed by atoms with Gasteiger partial charge < -0.3 is 15.2 Å². The summed E-state index contributed by atoms with van der Waals surface area (Å²) in [6.07, 6.45) is 1.35. The molecule has 0 radical (unpaired) electrons. The molecule has 104 valence electrons. The van der Waals surface area contributed by atoms with Crippen molar-refractivity contribution in [3.8, 4) is 5.75 Å². The molecule has 2 N–H and O–H groups in total. The van der Waals surface area contributed by atoms with Crippen LogP contribution in [0.25, 0.3) is 10.9 Å². The minimum absolute atomic E-state index is 0.0876. The van der Waals surface area contributed by atoms with Gasteiger partial charge in [0, 0.05) is 18.1 Å². The Hall–Kier alpha value is -2.63. The second-order valence-electron chi connectivity index (χ2n) is 4.18. The van der Waals surface area contributed by atoms with Crippen molar-refractivity contribution in [1.82, 2.24) is 10.3 Å². The van der Waals surface area contributed by atoms with E-state index in [0.717, 1.165) is 10.9 Å². The summed E-state index contributed by atoms with van der Waals surface area (Å²) in [6, 6.07) is 7.08. The fourth-order valence-electron chi connectivity index (χ4n) is 1.75. The predicted octanol–water partition coefficient (Wildman–Crippen LogP) is 1.45. The Balaban J connectivity index is 2.17. The standard InChI is InChI=1S/C14H14N2O4/c1-20-11-2-3-12-9(7-11)6-10(8-16-12)14(19)15-5-4-13(17)18/h2-3,6-8H,4-5H2,1H3,(H,15,19)(H,17,18). The molecule has 0 spiro atoms. The molecule has 0 aliphatic heterocycles. The topological polar surface area (TPSA) is 88.5 Å². The Labute approximate surface area is 115 Å². The predicted molar refractivity (Wildman–Crippen MR) is 72.9 cm³/mol. The van der Waals surface area contributed by atoms with Crippen molar-refractivity contribution in [3.05, 3.63) is 36.0 Å². The van der Waals surface area contributed by atoms with Gasteiger partial charge in [0.2, 0.25) is 0 Å². The van der Waals surface area contributed by atoms with E-state index in [9.17, 15) is 9.59 Å². The number of benzene rings is 1. The molecule has 0 saturated heterocycles. The number of hydrogen-bond donors (Lipinski definition) is 2. The van der Waals surface area contributed by atoms with Crippen LogP contribution in [0.2, 0.25) is 0 Å². The summed E-state index contributed by atoms with van der Waals surface area (Å²) in [5.74, 6) is -0.613. The first kappa shape index (κ1) is 13.8. The number of hydrogen-bond acceptors (Lipinski definition) is 4. The van der Waals surface area contributed by atoms with Gasteiger partial charge in [-0.3, -0.25) is 14.6 Å². The zero-order valence-electron chi connectivity index (χ0n) is 10.9. The van der Waals surface area contributed by atoms with Crippen molar-refractivity contribution in [3.63, 3.8) is 0 Å². The zero-order valence-corrected chi connectivity index (χ0v) is 10.9. The summed E-state index contributed by atoms with van der Waals surface area (Å²) in [5.41, 5.74) is 1.14. The van der Waals surface area contributed by atoms with Crippen molar-refractivity contribution >= 4 is 22.8 Å². The van der Waals surface area contributed by atoms with Gasteiger partial charge in [-0.15, -0.1) is 0 Å². The molecule has 2 rings (SSSR count). The van der Waals surface area contributed by atoms with Gasteiger partial charge in [0.05, 0.1) is 24.6 Å². The van der Waals surface area contributed by atoms with Gasteiger partial charge in [-0.2, -0.15) is 0 Å². The van der Waals surface area contributed by atoms with E-state index in [1.165, 1.54) is 6.20 Å². The Kier molecular flexibility index (Phi) is 4.14. The highest BCUT2D eigenvalue weighted by Crippen LogP contribution is 2.19. The number of carboxylic acid groups (broad SMARTS) is 1. The van der Waals surface area contributed by atoms with Crippen molar-refractivity contribution in [2.75, 3.05) is 13.7 Å². The van der Waals surface area contributed by atoms with E-state index >= 15 is 0 Å². The third kappa shape index (κ3) is 3.23. The fraction of sp³-hybridized carbons (Fsp3) is 0.214. The minimum Gasteiger partial charge on any atom is -0.497 e. The molecule has 1 amide bonds. The van der Waals surface area contributed by atoms with Crippen LogP contribution in [0.3, 0.4) is 0 Å². The van der Waals surface area contributed by atoms with Crippen molar-refractivity contribution < 1.29 is 19.4 Å². The molecule has 6 heteroatoms. The number of rotatable bonds is 5. The third-order valence-electron chi connectivity index (χ3n) is 2.78. The van der Waals surface area contributed by atoms with Gasteiger partial charge in [-0.05, 0) is 24.3 Å². The summed E-state index contributed by atoms with van der Waals surface area (Å²) in [5, 5.41) is 11.8. The molecule has 0 fully saturated rings. The highest BCUT2D eigenvalue weighted by molar-refractivity contribution is 5.97. The molecule has 0 atom stereocenters. The Morgan fingerprint density at radius 3 is 2.85 bits per heavy atom. The smallest absolute Gasteiger partial charge is 0.305 e. The molecule has 1 aromatic heterocycles. The molecule has 0 unspecified atom stereocenters. The molecule has 0 aliphatic carbocycles. The van der Waals surface area contributed by atoms with E-state index in [2.05, 4.69) is 10.3 Å². The van der Waals surface area contributed by atoms with Crippen LogP contribution in [-0.4, -0.2) is 35.6 Å². The summed E-state index contributed by atoms with van der Waals surface area (Å²) < 4.78 is 5.12. The summed E-state index contributed by atoms with van der Waals surface area (Å²) in [6.45, 7) is 0.0876. The van der Waals surface area contributed by atoms with E-state index in [1.54, 1.807) is 31.4 Å². The molecular formula is C14H14N2O4. The first-order chi connectivity index (χ1) is 9.60. The van der Waals surface area contributed by atoms with E-state index in [4.69, 9.17) is 9.84 Å². The lowest BCUT2D eigenvalue weighted by Crippen LogP contribution is -2.26. The van der Waals surface area contributed by atoms with Crippen LogP contribution in [0, 0.1) is 0 Å². The van der Waals surface area contributed by atoms with Crippen LogP contribution in [0.1, 0.15) is 16.8 Å². The molecule has 0 saturated carbocycles. The van der Waals surface area contributed by atoms with Gasteiger partial charge in [0.25, 0.3) is 5.91 Å². The Morgan fingerprint density at radius 1 is 1.35 bits per heavy atom. The fourth-order valence-corrected chi connectivity index (χ4v) is 1.75. The minimum atomic E-state index is -0.952. The maximum absolute atomic E-state index is 11.8. The maximum atomic E-state index is 11.8. The molecule has 1 aromatic carbocycles. The molecule has 6 nitrogen and oxygen atoms in total. The number of ether oxygens (including phenoxy) is 1. The molecule has 1 heterocycles. The van der Waals surface area contributed by atoms with Crippen LogP contribution >= 0.6 is 0 Å².